The van der Waals surface area contributed by atoms with Crippen LogP contribution in [0.1, 0.15) is 81.8 Å². The third-order valence-corrected chi connectivity index (χ3v) is 16.3. The monoisotopic (exact) mass is 1230 g/mol. The smallest absolute Gasteiger partial charge is 0.861 e. The molecule has 2 fully saturated rings. The number of amides is 6. The van der Waals surface area contributed by atoms with Crippen LogP contribution in [0.4, 0.5) is 0 Å². The number of hydrogen-bond donors (Lipinski definition) is 14. The predicted molar refractivity (Wildman–Crippen MR) is 302 cm³/mol. The molecule has 28 heteroatoms. The van der Waals surface area contributed by atoms with Gasteiger partial charge in [-0.1, -0.05) is 87.4 Å². The van der Waals surface area contributed by atoms with E-state index in [2.05, 4.69) is 33.2 Å². The van der Waals surface area contributed by atoms with E-state index >= 15 is 0 Å². The van der Waals surface area contributed by atoms with Crippen molar-refractivity contribution >= 4 is 54.6 Å². The maximum atomic E-state index is 14.5. The number of benzene rings is 4. The molecule has 2 saturated heterocycles. The van der Waals surface area contributed by atoms with Crippen LogP contribution in [0, 0.1) is 5.92 Å². The van der Waals surface area contributed by atoms with Crippen LogP contribution in [-0.4, -0.2) is 201 Å². The van der Waals surface area contributed by atoms with Crippen molar-refractivity contribution in [1.29, 1.82) is 0 Å². The third kappa shape index (κ3) is 16.8. The van der Waals surface area contributed by atoms with Crippen molar-refractivity contribution in [3.05, 3.63) is 108 Å². The van der Waals surface area contributed by atoms with Crippen LogP contribution in [0.5, 0.6) is 5.75 Å². The molecular formula is C58H73N7NaO19P. The number of carbonyl (C=O) groups is 6. The van der Waals surface area contributed by atoms with Crippen molar-refractivity contribution in [2.75, 3.05) is 19.7 Å². The van der Waals surface area contributed by atoms with Gasteiger partial charge in [0.05, 0.1) is 37.1 Å². The minimum absolute atomic E-state index is 0. The van der Waals surface area contributed by atoms with E-state index in [1.165, 1.54) is 19.1 Å². The first-order valence-electron chi connectivity index (χ1n) is 27.8. The Hall–Kier alpha value is -6.04. The zero-order valence-corrected chi connectivity index (χ0v) is 50.9. The van der Waals surface area contributed by atoms with Gasteiger partial charge in [-0.2, -0.15) is 0 Å². The zero-order chi connectivity index (χ0) is 62.2. The first-order chi connectivity index (χ1) is 40.2. The van der Waals surface area contributed by atoms with Gasteiger partial charge < -0.3 is 86.7 Å². The summed E-state index contributed by atoms with van der Waals surface area (Å²) in [6.07, 6.45) is -14.4. The van der Waals surface area contributed by atoms with Gasteiger partial charge in [0.2, 0.25) is 23.6 Å². The summed E-state index contributed by atoms with van der Waals surface area (Å²) in [6.45, 7) is 5.22. The molecular weight excluding hydrogens is 1150 g/mol. The Balaban J connectivity index is 0.0000118. The van der Waals surface area contributed by atoms with E-state index in [9.17, 15) is 89.4 Å². The molecule has 7 rings (SSSR count). The first kappa shape index (κ1) is 69.1. The fourth-order valence-corrected chi connectivity index (χ4v) is 10.9. The van der Waals surface area contributed by atoms with E-state index in [1.54, 1.807) is 12.1 Å². The number of aliphatic hydroxyl groups excluding tert-OH is 8. The maximum Gasteiger partial charge on any atom is 1.00 e. The number of aliphatic imine (C=N–C) groups is 1. The van der Waals surface area contributed by atoms with Crippen molar-refractivity contribution in [3.8, 4) is 28.0 Å². The second-order valence-electron chi connectivity index (χ2n) is 21.8. The molecule has 4 aromatic carbocycles. The summed E-state index contributed by atoms with van der Waals surface area (Å²) >= 11 is 0. The molecule has 460 valence electrons. The van der Waals surface area contributed by atoms with Gasteiger partial charge in [-0.15, -0.1) is 0 Å². The van der Waals surface area contributed by atoms with Gasteiger partial charge in [-0.05, 0) is 90.4 Å². The maximum absolute atomic E-state index is 14.5. The molecule has 26 nitrogen and oxygen atoms in total. The normalized spacial score (nSPS) is 26.9. The van der Waals surface area contributed by atoms with Gasteiger partial charge >= 0.3 is 29.6 Å². The van der Waals surface area contributed by atoms with Crippen molar-refractivity contribution < 1.29 is 124 Å². The third-order valence-electron chi connectivity index (χ3n) is 15.3. The van der Waals surface area contributed by atoms with E-state index in [0.29, 0.717) is 17.1 Å². The van der Waals surface area contributed by atoms with Crippen LogP contribution in [-0.2, 0) is 24.0 Å². The number of ether oxygens (including phenoxy) is 1. The molecule has 3 aliphatic rings. The molecule has 3 heterocycles. The average Bonchev–Trinajstić information content (AvgIpc) is 2.13. The van der Waals surface area contributed by atoms with E-state index in [1.807, 2.05) is 48.5 Å². The Morgan fingerprint density at radius 2 is 1.28 bits per heavy atom. The Morgan fingerprint density at radius 3 is 1.83 bits per heavy atom. The number of hydrogen-bond acceptors (Lipinski definition) is 20. The molecule has 0 spiro atoms. The molecule has 4 aromatic rings. The molecule has 0 unspecified atom stereocenters. The van der Waals surface area contributed by atoms with Crippen LogP contribution in [0.2, 0.25) is 0 Å². The number of nitrogens with zero attached hydrogens (tertiary/aromatic N) is 3. The van der Waals surface area contributed by atoms with Crippen molar-refractivity contribution in [2.45, 2.75) is 145 Å². The van der Waals surface area contributed by atoms with Crippen LogP contribution in [0.15, 0.2) is 102 Å². The summed E-state index contributed by atoms with van der Waals surface area (Å²) in [5.41, 5.74) is 3.09. The summed E-state index contributed by atoms with van der Waals surface area (Å²) in [5, 5.41) is 113. The molecule has 0 aromatic heterocycles. The standard InChI is InChI=1S/C58H74N7O19P.Na/c1-5-6-7-24-84-39-20-16-35(17-21-39)33-10-8-32(9-11-33)34-12-14-37(15-13-34)51(73)59-41-26-43(69)54(76)63-56(78)47-48(70)29(2)27-65(47)58(80)45(31(4)67)61-55(77)46(50(72)49(71)36-18-22-40(23-19-36)85(81,82)83)62-53(75)42-25-38(68)28-64(42)57(79)44(30(3)66)60-52(41)74;/h8-23,29-31,38,41-50,54,66-72,76H,5-7,24-28H2,1-4H3,(H,59,73)(H,60,74)(H,61,77)(H,62,75)(H,63,78)(H2,81,82,83);/q;+1/p-1/t29-,30+,31+,38+,41+,42-,43+,44-,45-,46-,47-,48-,49-,50-,54+;/m0./s1. The van der Waals surface area contributed by atoms with E-state index in [4.69, 9.17) is 4.74 Å². The fraction of sp³-hybridized carbons (Fsp3) is 0.466. The van der Waals surface area contributed by atoms with Crippen molar-refractivity contribution in [1.82, 2.24) is 31.1 Å². The van der Waals surface area contributed by atoms with Crippen LogP contribution in [0.25, 0.3) is 22.3 Å². The fourth-order valence-electron chi connectivity index (χ4n) is 10.4. The van der Waals surface area contributed by atoms with Crippen LogP contribution >= 0.6 is 7.94 Å². The quantitative estimate of drug-likeness (QED) is 0.0299. The minimum Gasteiger partial charge on any atom is -0.861 e. The second-order valence-corrected chi connectivity index (χ2v) is 23.4. The SMILES string of the molecule is CCCCCOc1ccc(-c2ccc(-c3ccc(C(=O)N[C@@H]4C[C@@H](O)[C@@H](O)NC(=O)[C@@H]5[C@@H](O)[C@@H](C)CN5C(=O)[C@H]([C@@H](C)O)NC(=O)[C@H]([C@H](O)[C@@H](O)c5ccc([P+]([O-])(O)O)cc5)NC(=O)[C@@H]5C[C@@H](O)CN5C(=O)[C@H]([C@@H](C)O)N=C4[O-])cc3)cc2)cc1.[Na+]. The number of carbonyl (C=O) groups excluding carboxylic acids is 6. The van der Waals surface area contributed by atoms with Crippen molar-refractivity contribution in [3.63, 3.8) is 0 Å². The van der Waals surface area contributed by atoms with E-state index in [0.717, 1.165) is 84.7 Å². The summed E-state index contributed by atoms with van der Waals surface area (Å²) in [7, 11) is -4.81. The first-order valence-corrected chi connectivity index (χ1v) is 29.4. The Morgan fingerprint density at radius 1 is 0.721 bits per heavy atom. The van der Waals surface area contributed by atoms with Gasteiger partial charge in [0.15, 0.2) is 12.3 Å². The summed E-state index contributed by atoms with van der Waals surface area (Å²) in [6, 6.07) is 13.1. The summed E-state index contributed by atoms with van der Waals surface area (Å²) < 4.78 is 5.84. The summed E-state index contributed by atoms with van der Waals surface area (Å²) in [4.78, 5) is 122. The molecule has 0 saturated carbocycles. The molecule has 0 bridgehead atoms. The van der Waals surface area contributed by atoms with Gasteiger partial charge in [0, 0.05) is 37.4 Å². The molecule has 6 amide bonds. The number of nitrogens with one attached hydrogen (secondary N) is 4. The molecule has 0 aliphatic carbocycles. The topological polar surface area (TPSA) is 427 Å². The van der Waals surface area contributed by atoms with Gasteiger partial charge in [0.1, 0.15) is 53.5 Å². The number of aliphatic hydroxyl groups is 8. The predicted octanol–water partition coefficient (Wildman–Crippen LogP) is -6.25. The summed E-state index contributed by atoms with van der Waals surface area (Å²) in [5.74, 6) is -9.03. The van der Waals surface area contributed by atoms with Gasteiger partial charge in [0.25, 0.3) is 19.8 Å². The molecule has 3 aliphatic heterocycles. The van der Waals surface area contributed by atoms with E-state index in [-0.39, 0.29) is 40.7 Å². The van der Waals surface area contributed by atoms with Crippen LogP contribution < -0.4 is 70.9 Å². The molecule has 86 heavy (non-hydrogen) atoms. The number of rotatable bonds is 15. The van der Waals surface area contributed by atoms with Gasteiger partial charge in [-0.3, -0.25) is 33.8 Å². The molecule has 14 N–H and O–H groups in total. The van der Waals surface area contributed by atoms with Crippen molar-refractivity contribution in [2.24, 2.45) is 10.9 Å². The van der Waals surface area contributed by atoms with Gasteiger partial charge in [-0.25, -0.2) is 9.79 Å². The Labute approximate surface area is 518 Å². The molecule has 0 radical (unpaired) electrons. The Kier molecular flexibility index (Phi) is 24.3. The Bertz CT molecular complexity index is 3010. The molecule has 15 atom stereocenters. The number of unbranched alkanes of at least 4 members (excludes halogenated alkanes) is 2. The second kappa shape index (κ2) is 30.2. The van der Waals surface area contributed by atoms with E-state index < -0.39 is 172 Å². The zero-order valence-electron chi connectivity index (χ0n) is 48.0. The van der Waals surface area contributed by atoms with Crippen LogP contribution in [0.3, 0.4) is 0 Å². The number of fused-ring (bicyclic) bond motifs is 2. The largest absolute Gasteiger partial charge is 1.00 e. The average molecular weight is 1230 g/mol. The minimum atomic E-state index is -4.81.